The molecule has 108 valence electrons. The van der Waals surface area contributed by atoms with Crippen molar-refractivity contribution in [3.05, 3.63) is 41.7 Å². The van der Waals surface area contributed by atoms with E-state index in [1.54, 1.807) is 26.0 Å². The molecule has 1 unspecified atom stereocenters. The number of benzene rings is 1. The standard InChI is InChI=1S/C14H18ClN3O2/c1-4-11-12(17-18-16-11)14(15,13(2,3)19)20-10-8-6-5-7-9-10/h5-9,19H,4H2,1-3H3,(H,16,17,18). The van der Waals surface area contributed by atoms with Gasteiger partial charge >= 0.3 is 0 Å². The van der Waals surface area contributed by atoms with E-state index in [9.17, 15) is 5.11 Å². The Labute approximate surface area is 122 Å². The monoisotopic (exact) mass is 295 g/mol. The number of aliphatic hydroxyl groups is 1. The van der Waals surface area contributed by atoms with Crippen LogP contribution in [-0.2, 0) is 11.5 Å². The molecular weight excluding hydrogens is 278 g/mol. The van der Waals surface area contributed by atoms with Crippen molar-refractivity contribution < 1.29 is 9.84 Å². The molecule has 1 heterocycles. The van der Waals surface area contributed by atoms with E-state index in [4.69, 9.17) is 16.3 Å². The summed E-state index contributed by atoms with van der Waals surface area (Å²) in [6, 6.07) is 9.09. The van der Waals surface area contributed by atoms with E-state index < -0.39 is 10.7 Å². The number of rotatable bonds is 5. The highest BCUT2D eigenvalue weighted by molar-refractivity contribution is 6.23. The van der Waals surface area contributed by atoms with E-state index in [2.05, 4.69) is 15.4 Å². The molecule has 0 fully saturated rings. The molecule has 1 aromatic heterocycles. The molecule has 6 heteroatoms. The van der Waals surface area contributed by atoms with E-state index in [1.165, 1.54) is 0 Å². The van der Waals surface area contributed by atoms with Gasteiger partial charge in [0.1, 0.15) is 17.0 Å². The van der Waals surface area contributed by atoms with Gasteiger partial charge in [-0.25, -0.2) is 0 Å². The quantitative estimate of drug-likeness (QED) is 0.832. The first-order valence-corrected chi connectivity index (χ1v) is 6.81. The Hall–Kier alpha value is -1.59. The van der Waals surface area contributed by atoms with E-state index in [0.29, 0.717) is 23.6 Å². The summed E-state index contributed by atoms with van der Waals surface area (Å²) >= 11 is 6.61. The average molecular weight is 296 g/mol. The van der Waals surface area contributed by atoms with E-state index >= 15 is 0 Å². The van der Waals surface area contributed by atoms with Crippen LogP contribution in [0.15, 0.2) is 30.3 Å². The fourth-order valence-corrected chi connectivity index (χ4v) is 2.11. The van der Waals surface area contributed by atoms with Crippen LogP contribution in [-0.4, -0.2) is 26.1 Å². The number of aryl methyl sites for hydroxylation is 1. The van der Waals surface area contributed by atoms with Gasteiger partial charge in [-0.15, -0.1) is 0 Å². The predicted molar refractivity (Wildman–Crippen MR) is 76.7 cm³/mol. The van der Waals surface area contributed by atoms with Crippen LogP contribution in [0, 0.1) is 0 Å². The molecule has 0 radical (unpaired) electrons. The van der Waals surface area contributed by atoms with Crippen LogP contribution < -0.4 is 4.74 Å². The molecule has 0 aliphatic heterocycles. The van der Waals surface area contributed by atoms with Gasteiger partial charge in [-0.3, -0.25) is 0 Å². The lowest BCUT2D eigenvalue weighted by atomic mass is 9.96. The van der Waals surface area contributed by atoms with E-state index in [-0.39, 0.29) is 0 Å². The zero-order valence-electron chi connectivity index (χ0n) is 11.7. The predicted octanol–water partition coefficient (Wildman–Crippen LogP) is 2.61. The molecule has 5 nitrogen and oxygen atoms in total. The minimum Gasteiger partial charge on any atom is -0.463 e. The second-order valence-corrected chi connectivity index (χ2v) is 5.57. The number of para-hydroxylation sites is 1. The van der Waals surface area contributed by atoms with Gasteiger partial charge in [0.15, 0.2) is 0 Å². The summed E-state index contributed by atoms with van der Waals surface area (Å²) in [5.41, 5.74) is -0.290. The normalized spacial score (nSPS) is 14.8. The fourth-order valence-electron chi connectivity index (χ4n) is 1.87. The lowest BCUT2D eigenvalue weighted by Gasteiger charge is -2.37. The molecule has 0 amide bonds. The van der Waals surface area contributed by atoms with Crippen molar-refractivity contribution in [2.45, 2.75) is 37.9 Å². The van der Waals surface area contributed by atoms with Crippen molar-refractivity contribution >= 4 is 11.6 Å². The summed E-state index contributed by atoms with van der Waals surface area (Å²) in [6.45, 7) is 5.10. The smallest absolute Gasteiger partial charge is 0.256 e. The number of hydrogen-bond donors (Lipinski definition) is 2. The van der Waals surface area contributed by atoms with E-state index in [1.807, 2.05) is 25.1 Å². The van der Waals surface area contributed by atoms with Gasteiger partial charge in [0, 0.05) is 0 Å². The number of aromatic nitrogens is 3. The van der Waals surface area contributed by atoms with Crippen LogP contribution in [0.25, 0.3) is 0 Å². The minimum absolute atomic E-state index is 0.401. The van der Waals surface area contributed by atoms with Crippen LogP contribution in [0.1, 0.15) is 32.2 Å². The molecule has 1 atom stereocenters. The summed E-state index contributed by atoms with van der Waals surface area (Å²) < 4.78 is 5.85. The van der Waals surface area contributed by atoms with Crippen molar-refractivity contribution in [3.8, 4) is 5.75 Å². The third-order valence-electron chi connectivity index (χ3n) is 3.05. The Morgan fingerprint density at radius 3 is 2.45 bits per heavy atom. The Bertz CT molecular complexity index is 565. The first kappa shape index (κ1) is 14.8. The Morgan fingerprint density at radius 2 is 1.90 bits per heavy atom. The zero-order valence-corrected chi connectivity index (χ0v) is 12.5. The molecule has 2 rings (SSSR count). The molecule has 0 aliphatic rings. The summed E-state index contributed by atoms with van der Waals surface area (Å²) in [6.07, 6.45) is 0.633. The summed E-state index contributed by atoms with van der Waals surface area (Å²) in [4.78, 5) is 0. The number of hydrogen-bond acceptors (Lipinski definition) is 4. The molecule has 2 N–H and O–H groups in total. The number of ether oxygens (including phenoxy) is 1. The largest absolute Gasteiger partial charge is 0.463 e. The first-order chi connectivity index (χ1) is 9.38. The van der Waals surface area contributed by atoms with Crippen LogP contribution >= 0.6 is 11.6 Å². The van der Waals surface area contributed by atoms with Crippen molar-refractivity contribution in [3.63, 3.8) is 0 Å². The summed E-state index contributed by atoms with van der Waals surface area (Å²) in [5.74, 6) is 0.551. The zero-order chi connectivity index (χ0) is 14.8. The van der Waals surface area contributed by atoms with Crippen LogP contribution in [0.3, 0.4) is 0 Å². The Kier molecular flexibility index (Phi) is 4.01. The maximum absolute atomic E-state index is 10.5. The molecular formula is C14H18ClN3O2. The second kappa shape index (κ2) is 5.42. The Balaban J connectivity index is 2.47. The third kappa shape index (κ3) is 2.64. The molecule has 0 bridgehead atoms. The van der Waals surface area contributed by atoms with Crippen LogP contribution in [0.4, 0.5) is 0 Å². The van der Waals surface area contributed by atoms with Gasteiger partial charge in [-0.1, -0.05) is 36.7 Å². The van der Waals surface area contributed by atoms with Crippen molar-refractivity contribution in [2.24, 2.45) is 0 Å². The molecule has 0 saturated heterocycles. The van der Waals surface area contributed by atoms with Crippen molar-refractivity contribution in [1.29, 1.82) is 0 Å². The average Bonchev–Trinajstić information content (AvgIpc) is 2.87. The molecule has 0 aliphatic carbocycles. The fraction of sp³-hybridized carbons (Fsp3) is 0.429. The lowest BCUT2D eigenvalue weighted by Crippen LogP contribution is -2.48. The van der Waals surface area contributed by atoms with Crippen molar-refractivity contribution in [1.82, 2.24) is 15.4 Å². The molecule has 20 heavy (non-hydrogen) atoms. The number of nitrogens with one attached hydrogen (secondary N) is 1. The number of halogens is 1. The molecule has 0 spiro atoms. The molecule has 2 aromatic rings. The van der Waals surface area contributed by atoms with Gasteiger partial charge in [0.05, 0.1) is 5.69 Å². The van der Waals surface area contributed by atoms with Crippen LogP contribution in [0.2, 0.25) is 0 Å². The van der Waals surface area contributed by atoms with Gasteiger partial charge in [-0.05, 0) is 32.4 Å². The second-order valence-electron chi connectivity index (χ2n) is 5.04. The molecule has 1 aromatic carbocycles. The lowest BCUT2D eigenvalue weighted by molar-refractivity contribution is -0.0676. The highest BCUT2D eigenvalue weighted by Crippen LogP contribution is 2.41. The highest BCUT2D eigenvalue weighted by Gasteiger charge is 2.50. The SMILES string of the molecule is CCc1n[nH]nc1C(Cl)(Oc1ccccc1)C(C)(C)O. The third-order valence-corrected chi connectivity index (χ3v) is 3.77. The number of nitrogens with zero attached hydrogens (tertiary/aromatic N) is 2. The topological polar surface area (TPSA) is 71.0 Å². The van der Waals surface area contributed by atoms with Crippen LogP contribution in [0.5, 0.6) is 5.75 Å². The number of alkyl halides is 1. The summed E-state index contributed by atoms with van der Waals surface area (Å²) in [7, 11) is 0. The maximum Gasteiger partial charge on any atom is 0.256 e. The maximum atomic E-state index is 10.5. The highest BCUT2D eigenvalue weighted by atomic mass is 35.5. The minimum atomic E-state index is -1.52. The number of aromatic amines is 1. The summed E-state index contributed by atoms with van der Waals surface area (Å²) in [5, 5.41) is 19.6. The molecule has 0 saturated carbocycles. The van der Waals surface area contributed by atoms with Gasteiger partial charge in [0.25, 0.3) is 5.06 Å². The number of H-pyrrole nitrogens is 1. The Morgan fingerprint density at radius 1 is 1.25 bits per heavy atom. The van der Waals surface area contributed by atoms with Gasteiger partial charge < -0.3 is 9.84 Å². The van der Waals surface area contributed by atoms with Crippen molar-refractivity contribution in [2.75, 3.05) is 0 Å². The van der Waals surface area contributed by atoms with Gasteiger partial charge in [0.2, 0.25) is 0 Å². The first-order valence-electron chi connectivity index (χ1n) is 6.44. The van der Waals surface area contributed by atoms with E-state index in [0.717, 1.165) is 0 Å². The van der Waals surface area contributed by atoms with Gasteiger partial charge in [-0.2, -0.15) is 15.4 Å².